The van der Waals surface area contributed by atoms with Crippen molar-refractivity contribution in [2.45, 2.75) is 46.8 Å². The zero-order chi connectivity index (χ0) is 20.5. The van der Waals surface area contributed by atoms with Gasteiger partial charge in [0.15, 0.2) is 5.96 Å². The van der Waals surface area contributed by atoms with Crippen LogP contribution in [0.15, 0.2) is 53.8 Å². The van der Waals surface area contributed by atoms with Crippen molar-refractivity contribution < 1.29 is 0 Å². The third-order valence-electron chi connectivity index (χ3n) is 4.70. The Labute approximate surface area is 196 Å². The van der Waals surface area contributed by atoms with Crippen LogP contribution in [0.3, 0.4) is 0 Å². The SMILES string of the molecule is CCNC(=NCc1ccccc1Cn1cccn1)NCCCn1nc(C)cc1C.I. The summed E-state index contributed by atoms with van der Waals surface area (Å²) < 4.78 is 4.00. The third-order valence-corrected chi connectivity index (χ3v) is 4.70. The Morgan fingerprint density at radius 1 is 1.10 bits per heavy atom. The number of aliphatic imine (C=N–C) groups is 1. The van der Waals surface area contributed by atoms with Gasteiger partial charge in [-0.15, -0.1) is 24.0 Å². The van der Waals surface area contributed by atoms with E-state index in [1.807, 2.05) is 23.9 Å². The van der Waals surface area contributed by atoms with Gasteiger partial charge >= 0.3 is 0 Å². The molecule has 0 atom stereocenters. The maximum absolute atomic E-state index is 4.78. The van der Waals surface area contributed by atoms with Crippen LogP contribution in [0.5, 0.6) is 0 Å². The molecule has 0 aliphatic heterocycles. The average Bonchev–Trinajstić information content (AvgIpc) is 3.33. The quantitative estimate of drug-likeness (QED) is 0.196. The standard InChI is InChI=1S/C22H31N7.HI/c1-4-23-22(24-11-7-14-29-19(3)15-18(2)27-29)25-16-20-9-5-6-10-21(20)17-28-13-8-12-26-28;/h5-6,8-10,12-13,15H,4,7,11,14,16-17H2,1-3H3,(H2,23,24,25);1H. The van der Waals surface area contributed by atoms with Crippen LogP contribution >= 0.6 is 24.0 Å². The Balaban J connectivity index is 0.00000320. The first-order chi connectivity index (χ1) is 14.2. The van der Waals surface area contributed by atoms with Gasteiger partial charge in [-0.3, -0.25) is 9.36 Å². The van der Waals surface area contributed by atoms with Gasteiger partial charge in [-0.05, 0) is 50.5 Å². The van der Waals surface area contributed by atoms with Gasteiger partial charge in [0.25, 0.3) is 0 Å². The molecule has 0 saturated carbocycles. The monoisotopic (exact) mass is 521 g/mol. The van der Waals surface area contributed by atoms with Crippen LogP contribution in [0.4, 0.5) is 0 Å². The fourth-order valence-corrected chi connectivity index (χ4v) is 3.28. The summed E-state index contributed by atoms with van der Waals surface area (Å²) in [5, 5.41) is 15.6. The molecule has 0 amide bonds. The summed E-state index contributed by atoms with van der Waals surface area (Å²) in [4.78, 5) is 4.78. The van der Waals surface area contributed by atoms with E-state index in [0.29, 0.717) is 6.54 Å². The third kappa shape index (κ3) is 7.16. The number of benzene rings is 1. The van der Waals surface area contributed by atoms with Crippen molar-refractivity contribution in [3.8, 4) is 0 Å². The highest BCUT2D eigenvalue weighted by molar-refractivity contribution is 14.0. The minimum atomic E-state index is 0. The molecule has 0 spiro atoms. The highest BCUT2D eigenvalue weighted by Gasteiger charge is 2.04. The van der Waals surface area contributed by atoms with Crippen molar-refractivity contribution in [2.75, 3.05) is 13.1 Å². The number of hydrogen-bond acceptors (Lipinski definition) is 3. The predicted molar refractivity (Wildman–Crippen MR) is 132 cm³/mol. The average molecular weight is 521 g/mol. The summed E-state index contributed by atoms with van der Waals surface area (Å²) in [6.45, 7) is 10.2. The summed E-state index contributed by atoms with van der Waals surface area (Å²) in [6, 6.07) is 12.5. The van der Waals surface area contributed by atoms with Gasteiger partial charge < -0.3 is 10.6 Å². The molecule has 1 aromatic carbocycles. The number of rotatable bonds is 9. The lowest BCUT2D eigenvalue weighted by molar-refractivity contribution is 0.555. The summed E-state index contributed by atoms with van der Waals surface area (Å²) in [6.07, 6.45) is 4.77. The molecule has 2 aromatic heterocycles. The molecule has 0 saturated heterocycles. The van der Waals surface area contributed by atoms with Crippen molar-refractivity contribution >= 4 is 29.9 Å². The normalized spacial score (nSPS) is 11.2. The lowest BCUT2D eigenvalue weighted by Gasteiger charge is -2.13. The number of nitrogens with zero attached hydrogens (tertiary/aromatic N) is 5. The van der Waals surface area contributed by atoms with Crippen molar-refractivity contribution in [2.24, 2.45) is 4.99 Å². The summed E-state index contributed by atoms with van der Waals surface area (Å²) >= 11 is 0. The fraction of sp³-hybridized carbons (Fsp3) is 0.409. The molecule has 2 N–H and O–H groups in total. The molecule has 0 aliphatic carbocycles. The van der Waals surface area contributed by atoms with Crippen LogP contribution < -0.4 is 10.6 Å². The molecule has 8 heteroatoms. The fourth-order valence-electron chi connectivity index (χ4n) is 3.28. The summed E-state index contributed by atoms with van der Waals surface area (Å²) in [5.41, 5.74) is 4.72. The Morgan fingerprint density at radius 3 is 2.57 bits per heavy atom. The Hall–Kier alpha value is -2.36. The lowest BCUT2D eigenvalue weighted by Crippen LogP contribution is -2.38. The molecular formula is C22H32IN7. The van der Waals surface area contributed by atoms with Gasteiger partial charge in [-0.25, -0.2) is 4.99 Å². The molecule has 0 unspecified atom stereocenters. The summed E-state index contributed by atoms with van der Waals surface area (Å²) in [7, 11) is 0. The zero-order valence-corrected chi connectivity index (χ0v) is 20.3. The number of hydrogen-bond donors (Lipinski definition) is 2. The topological polar surface area (TPSA) is 72.1 Å². The van der Waals surface area contributed by atoms with E-state index in [-0.39, 0.29) is 24.0 Å². The van der Waals surface area contributed by atoms with E-state index in [2.05, 4.69) is 69.7 Å². The van der Waals surface area contributed by atoms with Crippen LogP contribution in [0, 0.1) is 13.8 Å². The van der Waals surface area contributed by atoms with Crippen LogP contribution in [-0.2, 0) is 19.6 Å². The molecule has 0 bridgehead atoms. The second kappa shape index (κ2) is 12.4. The number of halogens is 1. The van der Waals surface area contributed by atoms with Gasteiger partial charge in [-0.2, -0.15) is 10.2 Å². The van der Waals surface area contributed by atoms with E-state index in [0.717, 1.165) is 44.3 Å². The number of nitrogens with one attached hydrogen (secondary N) is 2. The molecule has 162 valence electrons. The van der Waals surface area contributed by atoms with E-state index in [4.69, 9.17) is 4.99 Å². The molecule has 30 heavy (non-hydrogen) atoms. The summed E-state index contributed by atoms with van der Waals surface area (Å²) in [5.74, 6) is 0.842. The van der Waals surface area contributed by atoms with E-state index in [1.165, 1.54) is 16.8 Å². The Morgan fingerprint density at radius 2 is 1.90 bits per heavy atom. The van der Waals surface area contributed by atoms with E-state index >= 15 is 0 Å². The first-order valence-corrected chi connectivity index (χ1v) is 10.2. The van der Waals surface area contributed by atoms with Crippen molar-refractivity contribution in [1.82, 2.24) is 30.2 Å². The molecule has 3 aromatic rings. The number of guanidine groups is 1. The zero-order valence-electron chi connectivity index (χ0n) is 18.0. The van der Waals surface area contributed by atoms with Crippen molar-refractivity contribution in [1.29, 1.82) is 0 Å². The van der Waals surface area contributed by atoms with Crippen molar-refractivity contribution in [3.05, 3.63) is 71.3 Å². The molecule has 0 fully saturated rings. The van der Waals surface area contributed by atoms with Crippen LogP contribution in [0.2, 0.25) is 0 Å². The number of aryl methyl sites for hydroxylation is 3. The molecule has 0 radical (unpaired) electrons. The predicted octanol–water partition coefficient (Wildman–Crippen LogP) is 3.51. The maximum atomic E-state index is 4.78. The minimum absolute atomic E-state index is 0. The molecular weight excluding hydrogens is 489 g/mol. The van der Waals surface area contributed by atoms with E-state index in [1.54, 1.807) is 6.20 Å². The molecule has 3 rings (SSSR count). The van der Waals surface area contributed by atoms with E-state index in [9.17, 15) is 0 Å². The van der Waals surface area contributed by atoms with Gasteiger partial charge in [0.1, 0.15) is 0 Å². The number of aromatic nitrogens is 4. The molecule has 2 heterocycles. The molecule has 7 nitrogen and oxygen atoms in total. The highest BCUT2D eigenvalue weighted by Crippen LogP contribution is 2.11. The van der Waals surface area contributed by atoms with Gasteiger partial charge in [-0.1, -0.05) is 24.3 Å². The van der Waals surface area contributed by atoms with Crippen LogP contribution in [0.1, 0.15) is 35.9 Å². The van der Waals surface area contributed by atoms with Gasteiger partial charge in [0.2, 0.25) is 0 Å². The Bertz CT molecular complexity index is 915. The van der Waals surface area contributed by atoms with Crippen LogP contribution in [0.25, 0.3) is 0 Å². The second-order valence-electron chi connectivity index (χ2n) is 7.10. The molecule has 0 aliphatic rings. The maximum Gasteiger partial charge on any atom is 0.191 e. The van der Waals surface area contributed by atoms with Gasteiger partial charge in [0, 0.05) is 37.7 Å². The smallest absolute Gasteiger partial charge is 0.191 e. The largest absolute Gasteiger partial charge is 0.357 e. The minimum Gasteiger partial charge on any atom is -0.357 e. The van der Waals surface area contributed by atoms with Gasteiger partial charge in [0.05, 0.1) is 18.8 Å². The highest BCUT2D eigenvalue weighted by atomic mass is 127. The van der Waals surface area contributed by atoms with Crippen LogP contribution in [-0.4, -0.2) is 38.6 Å². The van der Waals surface area contributed by atoms with Crippen molar-refractivity contribution in [3.63, 3.8) is 0 Å². The first-order valence-electron chi connectivity index (χ1n) is 10.2. The first kappa shape index (κ1) is 23.9. The second-order valence-corrected chi connectivity index (χ2v) is 7.10. The lowest BCUT2D eigenvalue weighted by atomic mass is 10.1. The van der Waals surface area contributed by atoms with E-state index < -0.39 is 0 Å². The Kier molecular flexibility index (Phi) is 9.85.